The molecule has 16 heavy (non-hydrogen) atoms. The highest BCUT2D eigenvalue weighted by Gasteiger charge is 2.35. The standard InChI is InChI=1S/C9H11F3N2OS/c10-9(11,12)6-14-3-1-7(5-14)15-8-13-2-4-16-8/h2,4,7H,1,3,5-6H2. The maximum atomic E-state index is 12.1. The van der Waals surface area contributed by atoms with Crippen LogP contribution in [-0.4, -0.2) is 41.8 Å². The molecule has 0 N–H and O–H groups in total. The lowest BCUT2D eigenvalue weighted by molar-refractivity contribution is -0.144. The van der Waals surface area contributed by atoms with Gasteiger partial charge in [-0.25, -0.2) is 4.98 Å². The Kier molecular flexibility index (Phi) is 3.34. The molecule has 1 aliphatic heterocycles. The fourth-order valence-electron chi connectivity index (χ4n) is 1.70. The maximum absolute atomic E-state index is 12.1. The quantitative estimate of drug-likeness (QED) is 0.824. The number of thiazole rings is 1. The van der Waals surface area contributed by atoms with Gasteiger partial charge in [0.2, 0.25) is 0 Å². The van der Waals surface area contributed by atoms with E-state index in [0.29, 0.717) is 24.7 Å². The predicted molar refractivity (Wildman–Crippen MR) is 53.6 cm³/mol. The highest BCUT2D eigenvalue weighted by atomic mass is 32.1. The van der Waals surface area contributed by atoms with Crippen LogP contribution in [0.1, 0.15) is 6.42 Å². The van der Waals surface area contributed by atoms with Crippen LogP contribution in [0.4, 0.5) is 13.2 Å². The van der Waals surface area contributed by atoms with Crippen molar-refractivity contribution in [2.75, 3.05) is 19.6 Å². The minimum Gasteiger partial charge on any atom is -0.465 e. The third-order valence-electron chi connectivity index (χ3n) is 2.31. The van der Waals surface area contributed by atoms with Gasteiger partial charge in [0, 0.05) is 24.7 Å². The van der Waals surface area contributed by atoms with Crippen molar-refractivity contribution in [2.45, 2.75) is 18.7 Å². The molecule has 0 amide bonds. The molecule has 0 aromatic carbocycles. The average molecular weight is 252 g/mol. The van der Waals surface area contributed by atoms with Crippen molar-refractivity contribution in [3.8, 4) is 5.19 Å². The van der Waals surface area contributed by atoms with Crippen molar-refractivity contribution >= 4 is 11.3 Å². The van der Waals surface area contributed by atoms with E-state index < -0.39 is 12.7 Å². The lowest BCUT2D eigenvalue weighted by Gasteiger charge is -2.17. The molecule has 1 saturated heterocycles. The molecule has 2 rings (SSSR count). The summed E-state index contributed by atoms with van der Waals surface area (Å²) >= 11 is 1.35. The Bertz CT molecular complexity index is 328. The third-order valence-corrected chi connectivity index (χ3v) is 2.97. The zero-order valence-corrected chi connectivity index (χ0v) is 9.22. The summed E-state index contributed by atoms with van der Waals surface area (Å²) in [6.07, 6.45) is -2.07. The molecule has 3 nitrogen and oxygen atoms in total. The second-order valence-corrected chi connectivity index (χ2v) is 4.53. The number of hydrogen-bond donors (Lipinski definition) is 0. The Labute approximate surface area is 94.8 Å². The van der Waals surface area contributed by atoms with Crippen LogP contribution in [0.3, 0.4) is 0 Å². The van der Waals surface area contributed by atoms with Gasteiger partial charge in [-0.15, -0.1) is 0 Å². The topological polar surface area (TPSA) is 25.4 Å². The van der Waals surface area contributed by atoms with Gasteiger partial charge in [0.25, 0.3) is 5.19 Å². The molecular formula is C9H11F3N2OS. The Hall–Kier alpha value is -0.820. The first kappa shape index (κ1) is 11.7. The highest BCUT2D eigenvalue weighted by Crippen LogP contribution is 2.23. The summed E-state index contributed by atoms with van der Waals surface area (Å²) < 4.78 is 41.8. The first-order valence-electron chi connectivity index (χ1n) is 4.88. The number of ether oxygens (including phenoxy) is 1. The van der Waals surface area contributed by atoms with Crippen LogP contribution in [0.2, 0.25) is 0 Å². The molecule has 0 saturated carbocycles. The summed E-state index contributed by atoms with van der Waals surface area (Å²) in [5.41, 5.74) is 0. The van der Waals surface area contributed by atoms with Gasteiger partial charge >= 0.3 is 6.18 Å². The number of aromatic nitrogens is 1. The van der Waals surface area contributed by atoms with E-state index >= 15 is 0 Å². The molecular weight excluding hydrogens is 241 g/mol. The maximum Gasteiger partial charge on any atom is 0.401 e. The fourth-order valence-corrected chi connectivity index (χ4v) is 2.25. The van der Waals surface area contributed by atoms with Crippen LogP contribution in [-0.2, 0) is 0 Å². The predicted octanol–water partition coefficient (Wildman–Crippen LogP) is 2.16. The Morgan fingerprint density at radius 3 is 3.00 bits per heavy atom. The lowest BCUT2D eigenvalue weighted by Crippen LogP contribution is -2.33. The first-order valence-corrected chi connectivity index (χ1v) is 5.76. The lowest BCUT2D eigenvalue weighted by atomic mass is 10.3. The van der Waals surface area contributed by atoms with E-state index in [9.17, 15) is 13.2 Å². The normalized spacial score (nSPS) is 22.6. The number of alkyl halides is 3. The van der Waals surface area contributed by atoms with Gasteiger partial charge in [0.15, 0.2) is 0 Å². The van der Waals surface area contributed by atoms with E-state index in [2.05, 4.69) is 4.98 Å². The Balaban J connectivity index is 1.80. The van der Waals surface area contributed by atoms with Crippen LogP contribution in [0.15, 0.2) is 11.6 Å². The van der Waals surface area contributed by atoms with Crippen LogP contribution in [0.25, 0.3) is 0 Å². The van der Waals surface area contributed by atoms with Crippen molar-refractivity contribution < 1.29 is 17.9 Å². The van der Waals surface area contributed by atoms with Crippen molar-refractivity contribution in [3.05, 3.63) is 11.6 Å². The molecule has 1 aliphatic rings. The zero-order valence-electron chi connectivity index (χ0n) is 8.41. The number of likely N-dealkylation sites (tertiary alicyclic amines) is 1. The first-order chi connectivity index (χ1) is 7.53. The van der Waals surface area contributed by atoms with Crippen molar-refractivity contribution in [2.24, 2.45) is 0 Å². The van der Waals surface area contributed by atoms with E-state index in [4.69, 9.17) is 4.74 Å². The van der Waals surface area contributed by atoms with Gasteiger partial charge in [-0.05, 0) is 6.42 Å². The minimum absolute atomic E-state index is 0.173. The SMILES string of the molecule is FC(F)(F)CN1CCC(Oc2nccs2)C1. The van der Waals surface area contributed by atoms with Gasteiger partial charge in [-0.1, -0.05) is 11.3 Å². The molecule has 0 spiro atoms. The molecule has 0 radical (unpaired) electrons. The zero-order chi connectivity index (χ0) is 11.6. The van der Waals surface area contributed by atoms with Crippen LogP contribution >= 0.6 is 11.3 Å². The summed E-state index contributed by atoms with van der Waals surface area (Å²) in [4.78, 5) is 5.29. The minimum atomic E-state index is -4.13. The largest absolute Gasteiger partial charge is 0.465 e. The van der Waals surface area contributed by atoms with E-state index in [0.717, 1.165) is 0 Å². The summed E-state index contributed by atoms with van der Waals surface area (Å²) in [6, 6.07) is 0. The van der Waals surface area contributed by atoms with Gasteiger partial charge in [0.1, 0.15) is 6.10 Å². The number of rotatable bonds is 3. The number of halogens is 3. The summed E-state index contributed by atoms with van der Waals surface area (Å²) in [7, 11) is 0. The fraction of sp³-hybridized carbons (Fsp3) is 0.667. The Morgan fingerprint density at radius 1 is 1.56 bits per heavy atom. The molecule has 1 atom stereocenters. The number of nitrogens with zero attached hydrogens (tertiary/aromatic N) is 2. The smallest absolute Gasteiger partial charge is 0.401 e. The van der Waals surface area contributed by atoms with E-state index in [1.54, 1.807) is 11.6 Å². The summed E-state index contributed by atoms with van der Waals surface area (Å²) in [5, 5.41) is 2.30. The van der Waals surface area contributed by atoms with E-state index in [1.807, 2.05) is 0 Å². The van der Waals surface area contributed by atoms with Gasteiger partial charge in [-0.2, -0.15) is 13.2 Å². The molecule has 2 heterocycles. The molecule has 90 valence electrons. The van der Waals surface area contributed by atoms with Crippen LogP contribution in [0, 0.1) is 0 Å². The Morgan fingerprint density at radius 2 is 2.38 bits per heavy atom. The van der Waals surface area contributed by atoms with Gasteiger partial charge < -0.3 is 4.74 Å². The molecule has 0 aliphatic carbocycles. The van der Waals surface area contributed by atoms with E-state index in [-0.39, 0.29) is 6.10 Å². The van der Waals surface area contributed by atoms with Gasteiger partial charge in [0.05, 0.1) is 6.54 Å². The van der Waals surface area contributed by atoms with Crippen LogP contribution < -0.4 is 4.74 Å². The molecule has 0 bridgehead atoms. The molecule has 1 aromatic heterocycles. The second kappa shape index (κ2) is 4.58. The van der Waals surface area contributed by atoms with E-state index in [1.165, 1.54) is 16.2 Å². The molecule has 1 aromatic rings. The number of hydrogen-bond acceptors (Lipinski definition) is 4. The van der Waals surface area contributed by atoms with Gasteiger partial charge in [-0.3, -0.25) is 4.90 Å². The molecule has 1 fully saturated rings. The van der Waals surface area contributed by atoms with Crippen molar-refractivity contribution in [1.82, 2.24) is 9.88 Å². The molecule has 7 heteroatoms. The third kappa shape index (κ3) is 3.34. The average Bonchev–Trinajstić information content (AvgIpc) is 2.75. The van der Waals surface area contributed by atoms with Crippen molar-refractivity contribution in [3.63, 3.8) is 0 Å². The molecule has 1 unspecified atom stereocenters. The van der Waals surface area contributed by atoms with Crippen LogP contribution in [0.5, 0.6) is 5.19 Å². The monoisotopic (exact) mass is 252 g/mol. The second-order valence-electron chi connectivity index (χ2n) is 3.68. The highest BCUT2D eigenvalue weighted by molar-refractivity contribution is 7.11. The summed E-state index contributed by atoms with van der Waals surface area (Å²) in [5.74, 6) is 0. The summed E-state index contributed by atoms with van der Waals surface area (Å²) in [6.45, 7) is -0.112. The van der Waals surface area contributed by atoms with Crippen molar-refractivity contribution in [1.29, 1.82) is 0 Å².